The van der Waals surface area contributed by atoms with Gasteiger partial charge in [0.1, 0.15) is 18.0 Å². The fourth-order valence-corrected chi connectivity index (χ4v) is 1.88. The highest BCUT2D eigenvalue weighted by Gasteiger charge is 2.23. The van der Waals surface area contributed by atoms with Crippen molar-refractivity contribution in [3.05, 3.63) is 0 Å². The van der Waals surface area contributed by atoms with Crippen LogP contribution in [-0.2, 0) is 9.53 Å². The lowest BCUT2D eigenvalue weighted by molar-refractivity contribution is -0.139. The number of unbranched alkanes of at least 4 members (excludes halogenated alkanes) is 1. The summed E-state index contributed by atoms with van der Waals surface area (Å²) in [6.07, 6.45) is 2.89. The lowest BCUT2D eigenvalue weighted by Crippen LogP contribution is -2.43. The quantitative estimate of drug-likeness (QED) is 0.229. The molecule has 0 aliphatic carbocycles. The Balaban J connectivity index is 4.22. The number of alkyl carbamates (subject to hydrolysis) is 1. The normalized spacial score (nSPS) is 12.7. The maximum atomic E-state index is 11.7. The number of carboxylic acids is 1. The maximum absolute atomic E-state index is 11.7. The third-order valence-corrected chi connectivity index (χ3v) is 3.05. The van der Waals surface area contributed by atoms with Gasteiger partial charge in [0.05, 0.1) is 0 Å². The second-order valence-corrected chi connectivity index (χ2v) is 6.42. The molecule has 0 radical (unpaired) electrons. The highest BCUT2D eigenvalue weighted by Crippen LogP contribution is 2.08. The van der Waals surface area contributed by atoms with Crippen LogP contribution in [0.15, 0.2) is 5.10 Å². The van der Waals surface area contributed by atoms with Crippen LogP contribution in [0, 0.1) is 0 Å². The maximum Gasteiger partial charge on any atom is 0.408 e. The summed E-state index contributed by atoms with van der Waals surface area (Å²) >= 11 is 0. The molecule has 0 heterocycles. The van der Waals surface area contributed by atoms with E-state index in [4.69, 9.17) is 4.74 Å². The first kappa shape index (κ1) is 22.0. The van der Waals surface area contributed by atoms with Crippen molar-refractivity contribution in [1.82, 2.24) is 15.6 Å². The first-order valence-corrected chi connectivity index (χ1v) is 8.42. The number of ether oxygens (including phenoxy) is 1. The van der Waals surface area contributed by atoms with Crippen molar-refractivity contribution < 1.29 is 19.4 Å². The molecule has 1 atom stereocenters. The lowest BCUT2D eigenvalue weighted by Gasteiger charge is -2.22. The third kappa shape index (κ3) is 11.6. The largest absolute Gasteiger partial charge is 0.480 e. The second kappa shape index (κ2) is 11.5. The van der Waals surface area contributed by atoms with Crippen LogP contribution in [0.4, 0.5) is 4.79 Å². The summed E-state index contributed by atoms with van der Waals surface area (Å²) in [6.45, 7) is 11.6. The Labute approximate surface area is 144 Å². The minimum absolute atomic E-state index is 0.358. The zero-order valence-electron chi connectivity index (χ0n) is 15.5. The van der Waals surface area contributed by atoms with Crippen molar-refractivity contribution in [3.63, 3.8) is 0 Å². The number of nitrogens with zero attached hydrogens (tertiary/aromatic N) is 2. The topological polar surface area (TPSA) is 103 Å². The molecule has 140 valence electrons. The van der Waals surface area contributed by atoms with Gasteiger partial charge in [-0.15, -0.1) is 0 Å². The fraction of sp³-hybridized carbons (Fsp3) is 0.812. The third-order valence-electron chi connectivity index (χ3n) is 3.05. The number of carbonyl (C=O) groups excluding carboxylic acids is 1. The number of carboxylic acid groups (broad SMARTS) is 1. The van der Waals surface area contributed by atoms with Crippen LogP contribution in [-0.4, -0.2) is 59.7 Å². The summed E-state index contributed by atoms with van der Waals surface area (Å²) in [5.74, 6) is -1.05. The minimum Gasteiger partial charge on any atom is -0.480 e. The Morgan fingerprint density at radius 1 is 1.29 bits per heavy atom. The smallest absolute Gasteiger partial charge is 0.408 e. The monoisotopic (exact) mass is 344 g/mol. The molecule has 0 aromatic heterocycles. The number of hydrogen-bond acceptors (Lipinski definition) is 5. The van der Waals surface area contributed by atoms with E-state index in [1.165, 1.54) is 0 Å². The molecule has 3 N–H and O–H groups in total. The number of hydrogen-bond donors (Lipinski definition) is 3. The summed E-state index contributed by atoms with van der Waals surface area (Å²) in [5, 5.41) is 15.7. The highest BCUT2D eigenvalue weighted by atomic mass is 16.6. The second-order valence-electron chi connectivity index (χ2n) is 6.42. The summed E-state index contributed by atoms with van der Waals surface area (Å²) in [4.78, 5) is 25.0. The van der Waals surface area contributed by atoms with E-state index < -0.39 is 23.7 Å². The van der Waals surface area contributed by atoms with E-state index >= 15 is 0 Å². The molecule has 0 aromatic rings. The van der Waals surface area contributed by atoms with E-state index in [1.54, 1.807) is 27.1 Å². The summed E-state index contributed by atoms with van der Waals surface area (Å²) in [5.41, 5.74) is 2.21. The summed E-state index contributed by atoms with van der Waals surface area (Å²) in [7, 11) is 0. The van der Waals surface area contributed by atoms with Gasteiger partial charge in [-0.2, -0.15) is 5.10 Å². The zero-order chi connectivity index (χ0) is 18.6. The van der Waals surface area contributed by atoms with Crippen LogP contribution in [0.25, 0.3) is 0 Å². The van der Waals surface area contributed by atoms with Crippen LogP contribution >= 0.6 is 0 Å². The van der Waals surface area contributed by atoms with Crippen molar-refractivity contribution in [2.24, 2.45) is 5.10 Å². The Kier molecular flexibility index (Phi) is 10.6. The molecular weight excluding hydrogens is 312 g/mol. The van der Waals surface area contributed by atoms with Crippen molar-refractivity contribution >= 4 is 18.4 Å². The van der Waals surface area contributed by atoms with Crippen LogP contribution in [0.2, 0.25) is 0 Å². The number of rotatable bonds is 11. The van der Waals surface area contributed by atoms with E-state index in [1.807, 2.05) is 18.7 Å². The molecule has 8 heteroatoms. The van der Waals surface area contributed by atoms with Gasteiger partial charge in [0, 0.05) is 19.6 Å². The molecule has 0 rings (SSSR count). The first-order valence-electron chi connectivity index (χ1n) is 8.42. The molecule has 0 bridgehead atoms. The van der Waals surface area contributed by atoms with Gasteiger partial charge in [0.2, 0.25) is 0 Å². The predicted octanol–water partition coefficient (Wildman–Crippen LogP) is 2.01. The Morgan fingerprint density at radius 2 is 1.96 bits per heavy atom. The van der Waals surface area contributed by atoms with Gasteiger partial charge in [-0.25, -0.2) is 9.59 Å². The van der Waals surface area contributed by atoms with Gasteiger partial charge < -0.3 is 25.5 Å². The lowest BCUT2D eigenvalue weighted by atomic mass is 10.1. The van der Waals surface area contributed by atoms with Crippen molar-refractivity contribution in [1.29, 1.82) is 0 Å². The molecule has 0 unspecified atom stereocenters. The Bertz CT molecular complexity index is 407. The number of amides is 1. The number of hydrazone groups is 1. The molecule has 24 heavy (non-hydrogen) atoms. The van der Waals surface area contributed by atoms with Gasteiger partial charge in [-0.1, -0.05) is 0 Å². The van der Waals surface area contributed by atoms with Gasteiger partial charge in [-0.3, -0.25) is 0 Å². The summed E-state index contributed by atoms with van der Waals surface area (Å²) in [6, 6.07) is -0.939. The molecule has 0 saturated carbocycles. The Hall–Kier alpha value is -1.99. The zero-order valence-corrected chi connectivity index (χ0v) is 15.5. The fourth-order valence-electron chi connectivity index (χ4n) is 1.88. The highest BCUT2D eigenvalue weighted by molar-refractivity contribution is 5.79. The van der Waals surface area contributed by atoms with E-state index in [2.05, 4.69) is 15.8 Å². The minimum atomic E-state index is -1.05. The van der Waals surface area contributed by atoms with E-state index in [9.17, 15) is 14.7 Å². The molecular formula is C16H32N4O4. The van der Waals surface area contributed by atoms with Crippen molar-refractivity contribution in [2.45, 2.75) is 65.5 Å². The molecule has 0 fully saturated rings. The molecule has 8 nitrogen and oxygen atoms in total. The molecule has 0 aliphatic rings. The molecule has 1 amide bonds. The molecule has 0 saturated heterocycles. The van der Waals surface area contributed by atoms with Crippen LogP contribution in [0.5, 0.6) is 0 Å². The van der Waals surface area contributed by atoms with Gasteiger partial charge in [-0.05, 0) is 53.9 Å². The molecule has 0 aromatic carbocycles. The van der Waals surface area contributed by atoms with Gasteiger partial charge in [0.15, 0.2) is 0 Å². The summed E-state index contributed by atoms with van der Waals surface area (Å²) < 4.78 is 5.09. The van der Waals surface area contributed by atoms with E-state index in [0.717, 1.165) is 26.1 Å². The van der Waals surface area contributed by atoms with Crippen LogP contribution in [0.3, 0.4) is 0 Å². The molecule has 0 spiro atoms. The SMILES string of the molecule is CCN/N=C/N(CC)CCCC[C@@H](NC(=O)OC(C)(C)C)C(=O)O. The number of nitrogens with one attached hydrogen (secondary N) is 2. The van der Waals surface area contributed by atoms with Gasteiger partial charge >= 0.3 is 12.1 Å². The number of aliphatic carboxylic acids is 1. The van der Waals surface area contributed by atoms with Gasteiger partial charge in [0.25, 0.3) is 0 Å². The van der Waals surface area contributed by atoms with Crippen LogP contribution in [0.1, 0.15) is 53.9 Å². The predicted molar refractivity (Wildman–Crippen MR) is 94.1 cm³/mol. The average Bonchev–Trinajstić information content (AvgIpc) is 2.46. The van der Waals surface area contributed by atoms with E-state index in [0.29, 0.717) is 12.8 Å². The van der Waals surface area contributed by atoms with Crippen molar-refractivity contribution in [2.75, 3.05) is 19.6 Å². The Morgan fingerprint density at radius 3 is 2.46 bits per heavy atom. The van der Waals surface area contributed by atoms with E-state index in [-0.39, 0.29) is 0 Å². The molecule has 0 aliphatic heterocycles. The number of carbonyl (C=O) groups is 2. The van der Waals surface area contributed by atoms with Crippen molar-refractivity contribution in [3.8, 4) is 0 Å². The van der Waals surface area contributed by atoms with Crippen LogP contribution < -0.4 is 10.7 Å². The average molecular weight is 344 g/mol. The first-order chi connectivity index (χ1) is 11.2. The standard InChI is InChI=1S/C16H32N4O4/c1-6-17-18-12-20(7-2)11-9-8-10-13(14(21)22)19-15(23)24-16(3,4)5/h12-13,17H,6-11H2,1-5H3,(H,19,23)(H,21,22)/b18-12+/t13-/m1/s1.